The van der Waals surface area contributed by atoms with Crippen molar-refractivity contribution in [3.63, 3.8) is 0 Å². The molecule has 0 bridgehead atoms. The fourth-order valence-corrected chi connectivity index (χ4v) is 1.39. The van der Waals surface area contributed by atoms with E-state index >= 15 is 0 Å². The Hall–Kier alpha value is -1.10. The molecule has 0 spiro atoms. The summed E-state index contributed by atoms with van der Waals surface area (Å²) >= 11 is 0. The van der Waals surface area contributed by atoms with Gasteiger partial charge in [0.15, 0.2) is 0 Å². The van der Waals surface area contributed by atoms with Crippen LogP contribution in [0.1, 0.15) is 51.4 Å². The highest BCUT2D eigenvalue weighted by Crippen LogP contribution is 2.09. The van der Waals surface area contributed by atoms with Crippen LogP contribution >= 0.6 is 0 Å². The molecule has 0 fully saturated rings. The van der Waals surface area contributed by atoms with Crippen molar-refractivity contribution < 1.29 is 24.5 Å². The first-order valence-corrected chi connectivity index (χ1v) is 5.61. The van der Waals surface area contributed by atoms with Gasteiger partial charge in [-0.25, -0.2) is 4.79 Å². The van der Waals surface area contributed by atoms with E-state index in [1.807, 2.05) is 0 Å². The van der Waals surface area contributed by atoms with Crippen LogP contribution in [0.15, 0.2) is 0 Å². The highest BCUT2D eigenvalue weighted by atomic mass is 17.1. The highest BCUT2D eigenvalue weighted by Gasteiger charge is 2.01. The molecule has 0 aliphatic heterocycles. The minimum atomic E-state index is -0.578. The van der Waals surface area contributed by atoms with Gasteiger partial charge in [0, 0.05) is 12.8 Å². The molecule has 0 unspecified atom stereocenters. The summed E-state index contributed by atoms with van der Waals surface area (Å²) < 4.78 is 4.52. The van der Waals surface area contributed by atoms with E-state index in [9.17, 15) is 9.59 Å². The Morgan fingerprint density at radius 3 is 1.75 bits per heavy atom. The Morgan fingerprint density at radius 1 is 0.875 bits per heavy atom. The number of ether oxygens (including phenoxy) is 1. The number of carbonyl (C=O) groups is 2. The lowest BCUT2D eigenvalue weighted by atomic mass is 10.1. The van der Waals surface area contributed by atoms with Gasteiger partial charge in [0.25, 0.3) is 0 Å². The summed E-state index contributed by atoms with van der Waals surface area (Å²) in [5.74, 6) is -0.739. The second-order valence-corrected chi connectivity index (χ2v) is 3.66. The smallest absolute Gasteiger partial charge is 0.342 e. The molecule has 1 N–H and O–H groups in total. The number of esters is 1. The van der Waals surface area contributed by atoms with Crippen molar-refractivity contribution in [2.24, 2.45) is 0 Å². The van der Waals surface area contributed by atoms with Crippen LogP contribution in [-0.4, -0.2) is 24.3 Å². The molecule has 0 atom stereocenters. The Morgan fingerprint density at radius 2 is 1.31 bits per heavy atom. The number of rotatable bonds is 9. The van der Waals surface area contributed by atoms with Gasteiger partial charge in [0.05, 0.1) is 7.11 Å². The van der Waals surface area contributed by atoms with Gasteiger partial charge in [-0.2, -0.15) is 5.26 Å². The van der Waals surface area contributed by atoms with Gasteiger partial charge in [0.1, 0.15) is 0 Å². The second kappa shape index (κ2) is 10.4. The molecule has 5 nitrogen and oxygen atoms in total. The fraction of sp³-hybridized carbons (Fsp3) is 0.818. The minimum Gasteiger partial charge on any atom is -0.469 e. The first kappa shape index (κ1) is 14.9. The summed E-state index contributed by atoms with van der Waals surface area (Å²) in [5.41, 5.74) is 0. The molecule has 0 aromatic heterocycles. The molecule has 0 rings (SSSR count). The summed E-state index contributed by atoms with van der Waals surface area (Å²) in [5, 5.41) is 7.99. The third-order valence-electron chi connectivity index (χ3n) is 2.34. The lowest BCUT2D eigenvalue weighted by molar-refractivity contribution is -0.234. The SMILES string of the molecule is COC(=O)CCCCCCCCC(=O)OO. The Labute approximate surface area is 95.7 Å². The van der Waals surface area contributed by atoms with Crippen LogP contribution in [0.25, 0.3) is 0 Å². The topological polar surface area (TPSA) is 72.8 Å². The lowest BCUT2D eigenvalue weighted by Gasteiger charge is -2.01. The Balaban J connectivity index is 3.10. The van der Waals surface area contributed by atoms with Gasteiger partial charge in [-0.05, 0) is 12.8 Å². The van der Waals surface area contributed by atoms with Gasteiger partial charge < -0.3 is 9.62 Å². The third-order valence-corrected chi connectivity index (χ3v) is 2.34. The molecule has 0 amide bonds. The fourth-order valence-electron chi connectivity index (χ4n) is 1.39. The van der Waals surface area contributed by atoms with Crippen molar-refractivity contribution >= 4 is 11.9 Å². The summed E-state index contributed by atoms with van der Waals surface area (Å²) in [4.78, 5) is 24.8. The number of hydrogen-bond donors (Lipinski definition) is 1. The van der Waals surface area contributed by atoms with Crippen LogP contribution in [0.3, 0.4) is 0 Å². The third kappa shape index (κ3) is 9.45. The zero-order valence-electron chi connectivity index (χ0n) is 9.74. The maximum atomic E-state index is 10.8. The number of unbranched alkanes of at least 4 members (excludes halogenated alkanes) is 5. The van der Waals surface area contributed by atoms with Crippen LogP contribution in [-0.2, 0) is 19.2 Å². The number of hydrogen-bond acceptors (Lipinski definition) is 5. The van der Waals surface area contributed by atoms with Crippen molar-refractivity contribution in [3.05, 3.63) is 0 Å². The van der Waals surface area contributed by atoms with E-state index in [-0.39, 0.29) is 12.4 Å². The van der Waals surface area contributed by atoms with E-state index in [2.05, 4.69) is 9.62 Å². The molecule has 0 saturated heterocycles. The van der Waals surface area contributed by atoms with Gasteiger partial charge >= 0.3 is 11.9 Å². The van der Waals surface area contributed by atoms with Crippen molar-refractivity contribution in [3.8, 4) is 0 Å². The van der Waals surface area contributed by atoms with E-state index in [1.165, 1.54) is 7.11 Å². The minimum absolute atomic E-state index is 0.161. The number of methoxy groups -OCH3 is 1. The highest BCUT2D eigenvalue weighted by molar-refractivity contribution is 5.69. The van der Waals surface area contributed by atoms with Gasteiger partial charge in [-0.15, -0.1) is 0 Å². The molecule has 0 aromatic rings. The van der Waals surface area contributed by atoms with Crippen molar-refractivity contribution in [2.75, 3.05) is 7.11 Å². The summed E-state index contributed by atoms with van der Waals surface area (Å²) in [6.07, 6.45) is 6.34. The zero-order chi connectivity index (χ0) is 12.2. The molecule has 0 aliphatic carbocycles. The molecule has 94 valence electrons. The first-order valence-electron chi connectivity index (χ1n) is 5.61. The normalized spacial score (nSPS) is 9.88. The van der Waals surface area contributed by atoms with Gasteiger partial charge in [-0.3, -0.25) is 4.79 Å². The molecule has 16 heavy (non-hydrogen) atoms. The predicted octanol–water partition coefficient (Wildman–Crippen LogP) is 2.30. The quantitative estimate of drug-likeness (QED) is 0.286. The molecule has 0 saturated carbocycles. The van der Waals surface area contributed by atoms with E-state index in [4.69, 9.17) is 5.26 Å². The van der Waals surface area contributed by atoms with Crippen LogP contribution in [0.2, 0.25) is 0 Å². The van der Waals surface area contributed by atoms with E-state index in [0.29, 0.717) is 6.42 Å². The van der Waals surface area contributed by atoms with E-state index < -0.39 is 5.97 Å². The monoisotopic (exact) mass is 232 g/mol. The largest absolute Gasteiger partial charge is 0.469 e. The van der Waals surface area contributed by atoms with E-state index in [1.54, 1.807) is 0 Å². The van der Waals surface area contributed by atoms with Crippen molar-refractivity contribution in [1.82, 2.24) is 0 Å². The lowest BCUT2D eigenvalue weighted by Crippen LogP contribution is -2.00. The average Bonchev–Trinajstić information content (AvgIpc) is 2.31. The maximum Gasteiger partial charge on any atom is 0.342 e. The van der Waals surface area contributed by atoms with Crippen molar-refractivity contribution in [2.45, 2.75) is 51.4 Å². The Bertz CT molecular complexity index is 181. The standard InChI is InChI=1S/C11H20O5/c1-15-10(12)8-6-4-2-3-5-7-9-11(13)16-14/h14H,2-9H2,1H3. The van der Waals surface area contributed by atoms with Gasteiger partial charge in [0.2, 0.25) is 0 Å². The molecule has 0 heterocycles. The summed E-state index contributed by atoms with van der Waals surface area (Å²) in [6.45, 7) is 0. The van der Waals surface area contributed by atoms with Gasteiger partial charge in [-0.1, -0.05) is 25.7 Å². The maximum absolute atomic E-state index is 10.8. The molecule has 5 heteroatoms. The van der Waals surface area contributed by atoms with Crippen LogP contribution in [0.4, 0.5) is 0 Å². The number of carbonyl (C=O) groups excluding carboxylic acids is 2. The second-order valence-electron chi connectivity index (χ2n) is 3.66. The molecule has 0 aliphatic rings. The average molecular weight is 232 g/mol. The van der Waals surface area contributed by atoms with Crippen LogP contribution < -0.4 is 0 Å². The van der Waals surface area contributed by atoms with Crippen molar-refractivity contribution in [1.29, 1.82) is 0 Å². The van der Waals surface area contributed by atoms with Crippen LogP contribution in [0.5, 0.6) is 0 Å². The Kier molecular flexibility index (Phi) is 9.70. The van der Waals surface area contributed by atoms with Crippen LogP contribution in [0, 0.1) is 0 Å². The van der Waals surface area contributed by atoms with E-state index in [0.717, 1.165) is 38.5 Å². The summed E-state index contributed by atoms with van der Waals surface area (Å²) in [6, 6.07) is 0. The predicted molar refractivity (Wildman–Crippen MR) is 57.7 cm³/mol. The zero-order valence-corrected chi connectivity index (χ0v) is 9.74. The molecular weight excluding hydrogens is 212 g/mol. The molecule has 0 aromatic carbocycles. The summed E-state index contributed by atoms with van der Waals surface area (Å²) in [7, 11) is 1.39. The first-order chi connectivity index (χ1) is 7.70. The molecular formula is C11H20O5. The molecule has 0 radical (unpaired) electrons.